The number of amides is 1. The van der Waals surface area contributed by atoms with Crippen molar-refractivity contribution < 1.29 is 13.6 Å². The predicted octanol–water partition coefficient (Wildman–Crippen LogP) is 2.99. The Balaban J connectivity index is 1.55. The molecule has 0 aliphatic carbocycles. The van der Waals surface area contributed by atoms with Crippen molar-refractivity contribution in [2.45, 2.75) is 26.4 Å². The molecule has 0 fully saturated rings. The minimum atomic E-state index is -0.600. The first-order chi connectivity index (χ1) is 14.0. The Labute approximate surface area is 166 Å². The molecule has 3 heterocycles. The van der Waals surface area contributed by atoms with E-state index in [1.807, 2.05) is 4.68 Å². The molecule has 0 saturated carbocycles. The van der Waals surface area contributed by atoms with E-state index in [0.29, 0.717) is 36.5 Å². The number of aryl methyl sites for hydroxylation is 1. The van der Waals surface area contributed by atoms with Crippen molar-refractivity contribution in [2.24, 2.45) is 0 Å². The van der Waals surface area contributed by atoms with Gasteiger partial charge in [0.05, 0.1) is 48.9 Å². The van der Waals surface area contributed by atoms with Crippen molar-refractivity contribution in [2.75, 3.05) is 6.54 Å². The summed E-state index contributed by atoms with van der Waals surface area (Å²) in [6.07, 6.45) is 2.94. The van der Waals surface area contributed by atoms with Crippen LogP contribution >= 0.6 is 0 Å². The fraction of sp³-hybridized carbons (Fsp3) is 0.238. The summed E-state index contributed by atoms with van der Waals surface area (Å²) in [4.78, 5) is 18.6. The number of benzene rings is 1. The van der Waals surface area contributed by atoms with E-state index in [2.05, 4.69) is 10.1 Å². The minimum absolute atomic E-state index is 0.0757. The molecule has 2 aromatic heterocycles. The molecule has 8 heteroatoms. The van der Waals surface area contributed by atoms with E-state index in [1.54, 1.807) is 30.2 Å². The highest BCUT2D eigenvalue weighted by molar-refractivity contribution is 5.79. The third kappa shape index (κ3) is 3.59. The molecule has 1 aliphatic heterocycles. The zero-order chi connectivity index (χ0) is 20.5. The van der Waals surface area contributed by atoms with Crippen LogP contribution in [-0.2, 0) is 24.3 Å². The van der Waals surface area contributed by atoms with Crippen LogP contribution in [0.1, 0.15) is 22.4 Å². The molecule has 0 bridgehead atoms. The van der Waals surface area contributed by atoms with Crippen molar-refractivity contribution in [1.82, 2.24) is 19.7 Å². The second-order valence-electron chi connectivity index (χ2n) is 6.96. The number of hydrogen-bond acceptors (Lipinski definition) is 4. The molecule has 0 atom stereocenters. The van der Waals surface area contributed by atoms with Crippen molar-refractivity contribution in [3.63, 3.8) is 0 Å². The topological polar surface area (TPSA) is 74.8 Å². The standard InChI is InChI=1S/C21H17F2N5O/c1-13-6-19(25-11-18(13)23)16-10-26-28-5-4-27(12-20(16)28)21(29)8-14-2-3-17(22)15(7-14)9-24/h2-3,6-7,10-11H,4-5,8,12H2,1H3. The molecular formula is C21H17F2N5O. The van der Waals surface area contributed by atoms with Crippen molar-refractivity contribution in [3.05, 3.63) is 70.7 Å². The fourth-order valence-electron chi connectivity index (χ4n) is 3.41. The van der Waals surface area contributed by atoms with E-state index < -0.39 is 5.82 Å². The van der Waals surface area contributed by atoms with E-state index in [-0.39, 0.29) is 23.7 Å². The Morgan fingerprint density at radius 2 is 2.03 bits per heavy atom. The number of pyridine rings is 1. The fourth-order valence-corrected chi connectivity index (χ4v) is 3.41. The number of carbonyl (C=O) groups excluding carboxylic acids is 1. The SMILES string of the molecule is Cc1cc(-c2cnn3c2CN(C(=O)Cc2ccc(F)c(C#N)c2)CC3)ncc1F. The summed E-state index contributed by atoms with van der Waals surface area (Å²) in [6, 6.07) is 7.56. The van der Waals surface area contributed by atoms with Crippen molar-refractivity contribution >= 4 is 5.91 Å². The lowest BCUT2D eigenvalue weighted by Gasteiger charge is -2.28. The third-order valence-corrected chi connectivity index (χ3v) is 5.05. The lowest BCUT2D eigenvalue weighted by Crippen LogP contribution is -2.39. The lowest BCUT2D eigenvalue weighted by atomic mass is 10.1. The quantitative estimate of drug-likeness (QED) is 0.686. The molecule has 0 radical (unpaired) electrons. The van der Waals surface area contributed by atoms with E-state index in [9.17, 15) is 13.6 Å². The molecule has 0 saturated heterocycles. The van der Waals surface area contributed by atoms with Crippen molar-refractivity contribution in [1.29, 1.82) is 5.26 Å². The first-order valence-electron chi connectivity index (χ1n) is 9.09. The predicted molar refractivity (Wildman–Crippen MR) is 100 cm³/mol. The van der Waals surface area contributed by atoms with Gasteiger partial charge in [0.15, 0.2) is 0 Å². The summed E-state index contributed by atoms with van der Waals surface area (Å²) in [5.74, 6) is -1.10. The summed E-state index contributed by atoms with van der Waals surface area (Å²) in [6.45, 7) is 3.05. The van der Waals surface area contributed by atoms with Crippen LogP contribution in [0.3, 0.4) is 0 Å². The van der Waals surface area contributed by atoms with Crippen LogP contribution in [0, 0.1) is 29.9 Å². The van der Waals surface area contributed by atoms with E-state index in [0.717, 1.165) is 11.3 Å². The highest BCUT2D eigenvalue weighted by atomic mass is 19.1. The van der Waals surface area contributed by atoms with Gasteiger partial charge in [-0.25, -0.2) is 8.78 Å². The first-order valence-corrected chi connectivity index (χ1v) is 9.09. The molecule has 1 amide bonds. The summed E-state index contributed by atoms with van der Waals surface area (Å²) < 4.78 is 28.9. The molecule has 0 spiro atoms. The van der Waals surface area contributed by atoms with Gasteiger partial charge in [0.2, 0.25) is 5.91 Å². The molecule has 3 aromatic rings. The maximum Gasteiger partial charge on any atom is 0.227 e. The second kappa shape index (κ2) is 7.43. The average Bonchev–Trinajstić information content (AvgIpc) is 3.14. The number of fused-ring (bicyclic) bond motifs is 1. The number of aromatic nitrogens is 3. The van der Waals surface area contributed by atoms with Gasteiger partial charge in [-0.05, 0) is 36.2 Å². The number of halogens is 2. The molecule has 1 aliphatic rings. The van der Waals surface area contributed by atoms with Crippen LogP contribution in [0.5, 0.6) is 0 Å². The van der Waals surface area contributed by atoms with E-state index in [1.165, 1.54) is 24.4 Å². The second-order valence-corrected chi connectivity index (χ2v) is 6.96. The van der Waals surface area contributed by atoms with Crippen LogP contribution in [0.2, 0.25) is 0 Å². The average molecular weight is 393 g/mol. The molecule has 0 unspecified atom stereocenters. The number of nitriles is 1. The maximum atomic E-state index is 13.6. The van der Waals surface area contributed by atoms with Gasteiger partial charge in [0, 0.05) is 12.1 Å². The van der Waals surface area contributed by atoms with Gasteiger partial charge in [-0.15, -0.1) is 0 Å². The number of rotatable bonds is 3. The monoisotopic (exact) mass is 393 g/mol. The number of nitrogens with zero attached hydrogens (tertiary/aromatic N) is 5. The van der Waals surface area contributed by atoms with Gasteiger partial charge < -0.3 is 4.90 Å². The highest BCUT2D eigenvalue weighted by Gasteiger charge is 2.25. The smallest absolute Gasteiger partial charge is 0.227 e. The van der Waals surface area contributed by atoms with Crippen LogP contribution in [0.15, 0.2) is 36.7 Å². The van der Waals surface area contributed by atoms with Gasteiger partial charge in [-0.2, -0.15) is 10.4 Å². The Hall–Kier alpha value is -3.60. The van der Waals surface area contributed by atoms with Gasteiger partial charge in [-0.1, -0.05) is 6.07 Å². The molecule has 1 aromatic carbocycles. The molecule has 6 nitrogen and oxygen atoms in total. The Kier molecular flexibility index (Phi) is 4.80. The summed E-state index contributed by atoms with van der Waals surface area (Å²) in [7, 11) is 0. The van der Waals surface area contributed by atoms with Gasteiger partial charge in [0.25, 0.3) is 0 Å². The number of carbonyl (C=O) groups is 1. The van der Waals surface area contributed by atoms with Gasteiger partial charge in [-0.3, -0.25) is 14.5 Å². The summed E-state index contributed by atoms with van der Waals surface area (Å²) in [5.41, 5.74) is 3.20. The number of hydrogen-bond donors (Lipinski definition) is 0. The van der Waals surface area contributed by atoms with Gasteiger partial charge in [0.1, 0.15) is 17.7 Å². The third-order valence-electron chi connectivity index (χ3n) is 5.05. The minimum Gasteiger partial charge on any atom is -0.335 e. The van der Waals surface area contributed by atoms with Crippen LogP contribution in [0.25, 0.3) is 11.3 Å². The maximum absolute atomic E-state index is 13.6. The van der Waals surface area contributed by atoms with E-state index >= 15 is 0 Å². The highest BCUT2D eigenvalue weighted by Crippen LogP contribution is 2.27. The van der Waals surface area contributed by atoms with Crippen LogP contribution in [0.4, 0.5) is 8.78 Å². The molecule has 4 rings (SSSR count). The Morgan fingerprint density at radius 1 is 1.21 bits per heavy atom. The summed E-state index contributed by atoms with van der Waals surface area (Å²) >= 11 is 0. The normalized spacial score (nSPS) is 13.1. The van der Waals surface area contributed by atoms with Crippen molar-refractivity contribution in [3.8, 4) is 17.3 Å². The lowest BCUT2D eigenvalue weighted by molar-refractivity contribution is -0.131. The first kappa shape index (κ1) is 18.7. The molecule has 0 N–H and O–H groups in total. The summed E-state index contributed by atoms with van der Waals surface area (Å²) in [5, 5.41) is 13.3. The zero-order valence-corrected chi connectivity index (χ0v) is 15.7. The van der Waals surface area contributed by atoms with Crippen LogP contribution in [-0.4, -0.2) is 32.1 Å². The zero-order valence-electron chi connectivity index (χ0n) is 15.7. The van der Waals surface area contributed by atoms with Crippen LogP contribution < -0.4 is 0 Å². The Morgan fingerprint density at radius 3 is 2.79 bits per heavy atom. The molecular weight excluding hydrogens is 376 g/mol. The van der Waals surface area contributed by atoms with E-state index in [4.69, 9.17) is 5.26 Å². The van der Waals surface area contributed by atoms with Gasteiger partial charge >= 0.3 is 0 Å². The Bertz CT molecular complexity index is 1150. The largest absolute Gasteiger partial charge is 0.335 e. The molecule has 146 valence electrons. The molecule has 29 heavy (non-hydrogen) atoms.